The lowest BCUT2D eigenvalue weighted by atomic mass is 10.2. The van der Waals surface area contributed by atoms with Gasteiger partial charge in [-0.05, 0) is 11.4 Å². The van der Waals surface area contributed by atoms with Crippen molar-refractivity contribution in [1.82, 2.24) is 24.2 Å². The van der Waals surface area contributed by atoms with E-state index >= 15 is 0 Å². The van der Waals surface area contributed by atoms with Crippen molar-refractivity contribution in [3.63, 3.8) is 0 Å². The van der Waals surface area contributed by atoms with Crippen molar-refractivity contribution in [2.24, 2.45) is 0 Å². The molecule has 2 aromatic heterocycles. The van der Waals surface area contributed by atoms with E-state index in [1.165, 1.54) is 16.9 Å². The lowest BCUT2D eigenvalue weighted by Gasteiger charge is -2.25. The van der Waals surface area contributed by atoms with E-state index in [1.807, 2.05) is 0 Å². The van der Waals surface area contributed by atoms with Gasteiger partial charge in [-0.25, -0.2) is 17.2 Å². The predicted octanol–water partition coefficient (Wildman–Crippen LogP) is 0.911. The SMILES string of the molecule is O=C(c1cn(C[C@@H]2CC(F)(F)CN2S(=O)(=O)c2cccs2)nn1)N1CCOCC1. The number of ether oxygens (including phenoxy) is 1. The Morgan fingerprint density at radius 2 is 2.10 bits per heavy atom. The van der Waals surface area contributed by atoms with Crippen molar-refractivity contribution in [2.75, 3.05) is 32.8 Å². The van der Waals surface area contributed by atoms with Crippen molar-refractivity contribution in [2.45, 2.75) is 29.1 Å². The molecular formula is C16H19F2N5O4S2. The third-order valence-corrected chi connectivity index (χ3v) is 8.11. The van der Waals surface area contributed by atoms with E-state index in [0.29, 0.717) is 26.3 Å². The molecule has 2 aliphatic rings. The van der Waals surface area contributed by atoms with Gasteiger partial charge in [-0.1, -0.05) is 11.3 Å². The van der Waals surface area contributed by atoms with Gasteiger partial charge < -0.3 is 9.64 Å². The fourth-order valence-electron chi connectivity index (χ4n) is 3.46. The Balaban J connectivity index is 1.52. The number of alkyl halides is 2. The van der Waals surface area contributed by atoms with Gasteiger partial charge in [0.25, 0.3) is 21.9 Å². The van der Waals surface area contributed by atoms with Crippen LogP contribution in [0.25, 0.3) is 0 Å². The molecule has 13 heteroatoms. The first-order valence-electron chi connectivity index (χ1n) is 8.97. The summed E-state index contributed by atoms with van der Waals surface area (Å²) in [6.45, 7) is 0.746. The first-order valence-corrected chi connectivity index (χ1v) is 11.3. The first-order chi connectivity index (χ1) is 13.8. The molecule has 0 aromatic carbocycles. The first kappa shape index (κ1) is 20.3. The summed E-state index contributed by atoms with van der Waals surface area (Å²) in [7, 11) is -4.04. The van der Waals surface area contributed by atoms with Crippen molar-refractivity contribution in [1.29, 1.82) is 0 Å². The summed E-state index contributed by atoms with van der Waals surface area (Å²) in [5.41, 5.74) is 0.0873. The van der Waals surface area contributed by atoms with Crippen molar-refractivity contribution in [3.05, 3.63) is 29.4 Å². The Morgan fingerprint density at radius 1 is 1.34 bits per heavy atom. The Bertz CT molecular complexity index is 973. The molecule has 2 aromatic rings. The Kier molecular flexibility index (Phi) is 5.40. The molecule has 0 aliphatic carbocycles. The summed E-state index contributed by atoms with van der Waals surface area (Å²) < 4.78 is 61.0. The molecule has 1 atom stereocenters. The van der Waals surface area contributed by atoms with Crippen LogP contribution in [0.1, 0.15) is 16.9 Å². The van der Waals surface area contributed by atoms with Crippen LogP contribution in [-0.4, -0.2) is 83.3 Å². The van der Waals surface area contributed by atoms with E-state index in [0.717, 1.165) is 15.6 Å². The summed E-state index contributed by atoms with van der Waals surface area (Å²) in [6, 6.07) is 1.95. The highest BCUT2D eigenvalue weighted by Crippen LogP contribution is 2.37. The Hall–Kier alpha value is -1.96. The molecule has 0 spiro atoms. The molecule has 29 heavy (non-hydrogen) atoms. The van der Waals surface area contributed by atoms with E-state index in [1.54, 1.807) is 16.3 Å². The highest BCUT2D eigenvalue weighted by molar-refractivity contribution is 7.91. The fraction of sp³-hybridized carbons (Fsp3) is 0.562. The summed E-state index contributed by atoms with van der Waals surface area (Å²) in [5, 5.41) is 9.26. The lowest BCUT2D eigenvalue weighted by molar-refractivity contribution is 0.0168. The zero-order valence-corrected chi connectivity index (χ0v) is 16.9. The normalized spacial score (nSPS) is 22.8. The second-order valence-corrected chi connectivity index (χ2v) is 9.99. The molecule has 2 aliphatic heterocycles. The highest BCUT2D eigenvalue weighted by Gasteiger charge is 2.50. The number of carbonyl (C=O) groups excluding carboxylic acids is 1. The molecule has 9 nitrogen and oxygen atoms in total. The van der Waals surface area contributed by atoms with Gasteiger partial charge in [0.05, 0.1) is 38.5 Å². The Morgan fingerprint density at radius 3 is 2.79 bits per heavy atom. The predicted molar refractivity (Wildman–Crippen MR) is 98.3 cm³/mol. The maximum Gasteiger partial charge on any atom is 0.276 e. The third kappa shape index (κ3) is 4.17. The van der Waals surface area contributed by atoms with E-state index in [2.05, 4.69) is 10.3 Å². The quantitative estimate of drug-likeness (QED) is 0.676. The average molecular weight is 447 g/mol. The molecule has 0 radical (unpaired) electrons. The van der Waals surface area contributed by atoms with Gasteiger partial charge in [0.15, 0.2) is 5.69 Å². The van der Waals surface area contributed by atoms with Crippen LogP contribution >= 0.6 is 11.3 Å². The van der Waals surface area contributed by atoms with E-state index in [9.17, 15) is 22.0 Å². The van der Waals surface area contributed by atoms with E-state index in [-0.39, 0.29) is 22.4 Å². The van der Waals surface area contributed by atoms with Crippen LogP contribution in [0.5, 0.6) is 0 Å². The summed E-state index contributed by atoms with van der Waals surface area (Å²) in [5.74, 6) is -3.46. The molecule has 0 bridgehead atoms. The fourth-order valence-corrected chi connectivity index (χ4v) is 6.22. The van der Waals surface area contributed by atoms with Crippen molar-refractivity contribution < 1.29 is 26.7 Å². The number of thiophene rings is 1. The van der Waals surface area contributed by atoms with Crippen LogP contribution in [0, 0.1) is 0 Å². The number of hydrogen-bond donors (Lipinski definition) is 0. The van der Waals surface area contributed by atoms with Crippen LogP contribution in [-0.2, 0) is 21.3 Å². The van der Waals surface area contributed by atoms with Gasteiger partial charge in [0, 0.05) is 19.5 Å². The van der Waals surface area contributed by atoms with Gasteiger partial charge >= 0.3 is 0 Å². The molecule has 2 saturated heterocycles. The van der Waals surface area contributed by atoms with Gasteiger partial charge in [-0.2, -0.15) is 4.31 Å². The number of amides is 1. The number of nitrogens with zero attached hydrogens (tertiary/aromatic N) is 5. The van der Waals surface area contributed by atoms with Crippen molar-refractivity contribution in [3.8, 4) is 0 Å². The molecule has 4 heterocycles. The molecule has 0 N–H and O–H groups in total. The topological polar surface area (TPSA) is 97.6 Å². The molecule has 0 unspecified atom stereocenters. The van der Waals surface area contributed by atoms with E-state index in [4.69, 9.17) is 4.74 Å². The number of aromatic nitrogens is 3. The molecule has 1 amide bonds. The van der Waals surface area contributed by atoms with Crippen LogP contribution in [0.3, 0.4) is 0 Å². The van der Waals surface area contributed by atoms with Crippen LogP contribution in [0.15, 0.2) is 27.9 Å². The zero-order chi connectivity index (χ0) is 20.6. The average Bonchev–Trinajstić information content (AvgIpc) is 3.42. The molecule has 4 rings (SSSR count). The van der Waals surface area contributed by atoms with Crippen LogP contribution in [0.4, 0.5) is 8.78 Å². The number of hydrogen-bond acceptors (Lipinski definition) is 7. The third-order valence-electron chi connectivity index (χ3n) is 4.84. The number of sulfonamides is 1. The summed E-state index contributed by atoms with van der Waals surface area (Å²) >= 11 is 0.979. The minimum Gasteiger partial charge on any atom is -0.378 e. The van der Waals surface area contributed by atoms with Gasteiger partial charge in [-0.3, -0.25) is 9.48 Å². The lowest BCUT2D eigenvalue weighted by Crippen LogP contribution is -2.40. The smallest absolute Gasteiger partial charge is 0.276 e. The van der Waals surface area contributed by atoms with Crippen LogP contribution in [0.2, 0.25) is 0 Å². The van der Waals surface area contributed by atoms with E-state index < -0.39 is 35.0 Å². The maximum atomic E-state index is 14.1. The van der Waals surface area contributed by atoms with Gasteiger partial charge in [0.2, 0.25) is 0 Å². The second-order valence-electron chi connectivity index (χ2n) is 6.93. The highest BCUT2D eigenvalue weighted by atomic mass is 32.2. The summed E-state index contributed by atoms with van der Waals surface area (Å²) in [4.78, 5) is 14.0. The molecule has 2 fully saturated rings. The monoisotopic (exact) mass is 447 g/mol. The number of morpholine rings is 1. The second kappa shape index (κ2) is 7.70. The zero-order valence-electron chi connectivity index (χ0n) is 15.3. The maximum absolute atomic E-state index is 14.1. The van der Waals surface area contributed by atoms with Crippen LogP contribution < -0.4 is 0 Å². The number of carbonyl (C=O) groups is 1. The number of rotatable bonds is 5. The standard InChI is InChI=1S/C16H19F2N5O4S2/c17-16(18)8-12(23(11-16)29(25,26)14-2-1-7-28-14)9-22-10-13(19-20-22)15(24)21-3-5-27-6-4-21/h1-2,7,10,12H,3-6,8-9,11H2/t12-/m0/s1. The molecule has 0 saturated carbocycles. The minimum atomic E-state index is -4.04. The van der Waals surface area contributed by atoms with Gasteiger partial charge in [-0.15, -0.1) is 16.4 Å². The molecule has 158 valence electrons. The minimum absolute atomic E-state index is 0.0157. The molecular weight excluding hydrogens is 428 g/mol. The number of halogens is 2. The van der Waals surface area contributed by atoms with Crippen molar-refractivity contribution >= 4 is 27.3 Å². The van der Waals surface area contributed by atoms with Gasteiger partial charge in [0.1, 0.15) is 4.21 Å². The largest absolute Gasteiger partial charge is 0.378 e. The Labute approximate surface area is 169 Å². The summed E-state index contributed by atoms with van der Waals surface area (Å²) in [6.07, 6.45) is 0.744.